The van der Waals surface area contributed by atoms with Gasteiger partial charge >= 0.3 is 6.03 Å². The standard InChI is InChI=1S/C18H25N3O2/c1-13-7-2-3-8-14(13)19-18(23)20-15-9-4-5-10-16(15)21-12-6-11-17(21)22/h4-5,9-10,13-14H,2-3,6-8,11-12H2,1H3,(H2,19,20,23). The van der Waals surface area contributed by atoms with E-state index in [-0.39, 0.29) is 18.0 Å². The number of para-hydroxylation sites is 2. The summed E-state index contributed by atoms with van der Waals surface area (Å²) in [5.41, 5.74) is 1.49. The van der Waals surface area contributed by atoms with E-state index in [1.165, 1.54) is 19.3 Å². The number of carbonyl (C=O) groups excluding carboxylic acids is 2. The molecule has 1 aromatic carbocycles. The van der Waals surface area contributed by atoms with E-state index in [2.05, 4.69) is 17.6 Å². The Kier molecular flexibility index (Phi) is 4.84. The third kappa shape index (κ3) is 3.66. The van der Waals surface area contributed by atoms with Gasteiger partial charge in [-0.25, -0.2) is 4.79 Å². The monoisotopic (exact) mass is 315 g/mol. The minimum absolute atomic E-state index is 0.126. The Hall–Kier alpha value is -2.04. The number of nitrogens with one attached hydrogen (secondary N) is 2. The van der Waals surface area contributed by atoms with E-state index in [1.807, 2.05) is 24.3 Å². The van der Waals surface area contributed by atoms with E-state index in [0.717, 1.165) is 25.1 Å². The van der Waals surface area contributed by atoms with Crippen LogP contribution in [0.2, 0.25) is 0 Å². The van der Waals surface area contributed by atoms with Crippen LogP contribution in [0, 0.1) is 5.92 Å². The first-order chi connectivity index (χ1) is 11.1. The fourth-order valence-corrected chi connectivity index (χ4v) is 3.58. The van der Waals surface area contributed by atoms with Crippen molar-refractivity contribution in [2.45, 2.75) is 51.5 Å². The molecule has 23 heavy (non-hydrogen) atoms. The van der Waals surface area contributed by atoms with Gasteiger partial charge in [-0.05, 0) is 37.3 Å². The highest BCUT2D eigenvalue weighted by Gasteiger charge is 2.25. The number of nitrogens with zero attached hydrogens (tertiary/aromatic N) is 1. The Bertz CT molecular complexity index is 587. The van der Waals surface area contributed by atoms with E-state index in [1.54, 1.807) is 4.90 Å². The van der Waals surface area contributed by atoms with Gasteiger partial charge in [0.1, 0.15) is 0 Å². The Morgan fingerprint density at radius 1 is 1.17 bits per heavy atom. The van der Waals surface area contributed by atoms with E-state index in [4.69, 9.17) is 0 Å². The van der Waals surface area contributed by atoms with E-state index < -0.39 is 0 Å². The molecule has 5 nitrogen and oxygen atoms in total. The van der Waals surface area contributed by atoms with Gasteiger partial charge in [-0.3, -0.25) is 4.79 Å². The molecule has 3 amide bonds. The number of hydrogen-bond acceptors (Lipinski definition) is 2. The van der Waals surface area contributed by atoms with Crippen LogP contribution in [-0.4, -0.2) is 24.5 Å². The number of urea groups is 1. The number of hydrogen-bond donors (Lipinski definition) is 2. The lowest BCUT2D eigenvalue weighted by Crippen LogP contribution is -2.43. The second-order valence-electron chi connectivity index (χ2n) is 6.63. The Labute approximate surface area is 137 Å². The van der Waals surface area contributed by atoms with Crippen LogP contribution in [0.4, 0.5) is 16.2 Å². The summed E-state index contributed by atoms with van der Waals surface area (Å²) in [7, 11) is 0. The lowest BCUT2D eigenvalue weighted by molar-refractivity contribution is -0.117. The summed E-state index contributed by atoms with van der Waals surface area (Å²) >= 11 is 0. The maximum atomic E-state index is 12.3. The summed E-state index contributed by atoms with van der Waals surface area (Å²) in [4.78, 5) is 26.1. The molecular formula is C18H25N3O2. The highest BCUT2D eigenvalue weighted by Crippen LogP contribution is 2.29. The van der Waals surface area contributed by atoms with Crippen molar-refractivity contribution in [3.8, 4) is 0 Å². The van der Waals surface area contributed by atoms with Gasteiger partial charge in [0.15, 0.2) is 0 Å². The SMILES string of the molecule is CC1CCCCC1NC(=O)Nc1ccccc1N1CCCC1=O. The summed E-state index contributed by atoms with van der Waals surface area (Å²) in [6.45, 7) is 2.92. The number of carbonyl (C=O) groups is 2. The summed E-state index contributed by atoms with van der Waals surface area (Å²) in [6, 6.07) is 7.58. The summed E-state index contributed by atoms with van der Waals surface area (Å²) in [6.07, 6.45) is 6.10. The molecule has 1 saturated carbocycles. The van der Waals surface area contributed by atoms with E-state index in [0.29, 0.717) is 18.0 Å². The lowest BCUT2D eigenvalue weighted by atomic mass is 9.86. The number of benzene rings is 1. The second-order valence-corrected chi connectivity index (χ2v) is 6.63. The molecule has 0 aromatic heterocycles. The van der Waals surface area contributed by atoms with Crippen LogP contribution in [-0.2, 0) is 4.79 Å². The van der Waals surface area contributed by atoms with Crippen LogP contribution >= 0.6 is 0 Å². The molecule has 2 atom stereocenters. The molecule has 0 spiro atoms. The van der Waals surface area contributed by atoms with Crippen molar-refractivity contribution in [1.29, 1.82) is 0 Å². The highest BCUT2D eigenvalue weighted by atomic mass is 16.2. The van der Waals surface area contributed by atoms with Crippen molar-refractivity contribution < 1.29 is 9.59 Å². The molecule has 124 valence electrons. The first-order valence-corrected chi connectivity index (χ1v) is 8.62. The molecule has 1 aromatic rings. The fourth-order valence-electron chi connectivity index (χ4n) is 3.58. The normalized spacial score (nSPS) is 24.6. The van der Waals surface area contributed by atoms with E-state index in [9.17, 15) is 9.59 Å². The smallest absolute Gasteiger partial charge is 0.319 e. The molecule has 2 fully saturated rings. The topological polar surface area (TPSA) is 61.4 Å². The average Bonchev–Trinajstić information content (AvgIpc) is 2.96. The highest BCUT2D eigenvalue weighted by molar-refractivity contribution is 6.01. The molecule has 1 aliphatic carbocycles. The number of amides is 3. The van der Waals surface area contributed by atoms with Gasteiger partial charge in [0.05, 0.1) is 11.4 Å². The van der Waals surface area contributed by atoms with Crippen molar-refractivity contribution in [3.05, 3.63) is 24.3 Å². The quantitative estimate of drug-likeness (QED) is 0.896. The van der Waals surface area contributed by atoms with Crippen molar-refractivity contribution in [2.75, 3.05) is 16.8 Å². The molecule has 2 aliphatic rings. The molecular weight excluding hydrogens is 290 g/mol. The van der Waals surface area contributed by atoms with Crippen molar-refractivity contribution >= 4 is 23.3 Å². The Balaban J connectivity index is 1.67. The molecule has 5 heteroatoms. The van der Waals surface area contributed by atoms with Gasteiger partial charge in [-0.1, -0.05) is 31.9 Å². The van der Waals surface area contributed by atoms with Gasteiger partial charge in [-0.15, -0.1) is 0 Å². The predicted octanol–water partition coefficient (Wildman–Crippen LogP) is 3.51. The maximum Gasteiger partial charge on any atom is 0.319 e. The van der Waals surface area contributed by atoms with Crippen molar-refractivity contribution in [1.82, 2.24) is 5.32 Å². The lowest BCUT2D eigenvalue weighted by Gasteiger charge is -2.29. The van der Waals surface area contributed by atoms with Gasteiger partial charge in [0.2, 0.25) is 5.91 Å². The fraction of sp³-hybridized carbons (Fsp3) is 0.556. The van der Waals surface area contributed by atoms with Gasteiger partial charge in [-0.2, -0.15) is 0 Å². The molecule has 2 N–H and O–H groups in total. The molecule has 0 radical (unpaired) electrons. The van der Waals surface area contributed by atoms with E-state index >= 15 is 0 Å². The zero-order chi connectivity index (χ0) is 16.2. The third-order valence-corrected chi connectivity index (χ3v) is 4.94. The summed E-state index contributed by atoms with van der Waals surface area (Å²) in [5, 5.41) is 6.02. The molecule has 2 unspecified atom stereocenters. The van der Waals surface area contributed by atoms with Crippen LogP contribution in [0.5, 0.6) is 0 Å². The zero-order valence-corrected chi connectivity index (χ0v) is 13.7. The van der Waals surface area contributed by atoms with Crippen LogP contribution in [0.15, 0.2) is 24.3 Å². The van der Waals surface area contributed by atoms with Crippen molar-refractivity contribution in [3.63, 3.8) is 0 Å². The third-order valence-electron chi connectivity index (χ3n) is 4.94. The molecule has 3 rings (SSSR count). The molecule has 0 bridgehead atoms. The van der Waals surface area contributed by atoms with Gasteiger partial charge < -0.3 is 15.5 Å². The van der Waals surface area contributed by atoms with Crippen LogP contribution in [0.25, 0.3) is 0 Å². The Morgan fingerprint density at radius 2 is 1.96 bits per heavy atom. The summed E-state index contributed by atoms with van der Waals surface area (Å²) in [5.74, 6) is 0.644. The molecule has 1 heterocycles. The zero-order valence-electron chi connectivity index (χ0n) is 13.7. The Morgan fingerprint density at radius 3 is 2.70 bits per heavy atom. The molecule has 1 saturated heterocycles. The largest absolute Gasteiger partial charge is 0.335 e. The van der Waals surface area contributed by atoms with Gasteiger partial charge in [0, 0.05) is 19.0 Å². The van der Waals surface area contributed by atoms with Crippen LogP contribution in [0.3, 0.4) is 0 Å². The molecule has 1 aliphatic heterocycles. The minimum atomic E-state index is -0.178. The van der Waals surface area contributed by atoms with Crippen LogP contribution in [0.1, 0.15) is 45.4 Å². The predicted molar refractivity (Wildman–Crippen MR) is 91.6 cm³/mol. The number of anilines is 2. The average molecular weight is 315 g/mol. The van der Waals surface area contributed by atoms with Crippen LogP contribution < -0.4 is 15.5 Å². The second kappa shape index (κ2) is 7.02. The number of rotatable bonds is 3. The maximum absolute atomic E-state index is 12.3. The van der Waals surface area contributed by atoms with Gasteiger partial charge in [0.25, 0.3) is 0 Å². The summed E-state index contributed by atoms with van der Waals surface area (Å²) < 4.78 is 0. The minimum Gasteiger partial charge on any atom is -0.335 e. The van der Waals surface area contributed by atoms with Crippen molar-refractivity contribution in [2.24, 2.45) is 5.92 Å². The first-order valence-electron chi connectivity index (χ1n) is 8.62. The first kappa shape index (κ1) is 15.8.